The van der Waals surface area contributed by atoms with Crippen LogP contribution in [0.25, 0.3) is 0 Å². The number of esters is 1. The smallest absolute Gasteiger partial charge is 0.338 e. The minimum atomic E-state index is -0.425. The molecular formula is C19H15NO3S. The number of anilines is 1. The fourth-order valence-electron chi connectivity index (χ4n) is 2.13. The van der Waals surface area contributed by atoms with Gasteiger partial charge in [-0.3, -0.25) is 4.79 Å². The van der Waals surface area contributed by atoms with E-state index in [0.717, 1.165) is 5.56 Å². The second kappa shape index (κ2) is 7.57. The van der Waals surface area contributed by atoms with Crippen LogP contribution in [0.15, 0.2) is 72.1 Å². The third-order valence-electron chi connectivity index (χ3n) is 3.31. The molecule has 1 heterocycles. The molecule has 1 aromatic heterocycles. The van der Waals surface area contributed by atoms with Crippen LogP contribution in [-0.4, -0.2) is 11.9 Å². The summed E-state index contributed by atoms with van der Waals surface area (Å²) in [6, 6.07) is 19.8. The Kier molecular flexibility index (Phi) is 5.03. The fourth-order valence-corrected chi connectivity index (χ4v) is 2.75. The lowest BCUT2D eigenvalue weighted by Gasteiger charge is -2.07. The monoisotopic (exact) mass is 337 g/mol. The molecule has 2 aromatic carbocycles. The van der Waals surface area contributed by atoms with Crippen molar-refractivity contribution in [2.45, 2.75) is 6.61 Å². The summed E-state index contributed by atoms with van der Waals surface area (Å²) in [5.41, 5.74) is 1.88. The molecule has 0 saturated carbocycles. The van der Waals surface area contributed by atoms with Gasteiger partial charge in [-0.15, -0.1) is 11.3 Å². The number of thiophene rings is 1. The van der Waals surface area contributed by atoms with Crippen molar-refractivity contribution in [3.63, 3.8) is 0 Å². The van der Waals surface area contributed by atoms with E-state index in [1.54, 1.807) is 30.3 Å². The number of rotatable bonds is 5. The maximum atomic E-state index is 12.2. The van der Waals surface area contributed by atoms with Crippen LogP contribution in [0.1, 0.15) is 25.6 Å². The Bertz CT molecular complexity index is 829. The standard InChI is InChI=1S/C19H15NO3S/c21-18(17-10-5-11-24-17)20-16-9-4-8-15(12-16)19(22)23-13-14-6-2-1-3-7-14/h1-12H,13H2,(H,20,21). The van der Waals surface area contributed by atoms with Gasteiger partial charge < -0.3 is 10.1 Å². The molecule has 1 N–H and O–H groups in total. The van der Waals surface area contributed by atoms with Gasteiger partial charge in [-0.2, -0.15) is 0 Å². The maximum Gasteiger partial charge on any atom is 0.338 e. The Balaban J connectivity index is 1.64. The summed E-state index contributed by atoms with van der Waals surface area (Å²) < 4.78 is 5.30. The molecule has 3 aromatic rings. The highest BCUT2D eigenvalue weighted by Gasteiger charge is 2.11. The maximum absolute atomic E-state index is 12.2. The zero-order chi connectivity index (χ0) is 16.8. The number of nitrogens with one attached hydrogen (secondary N) is 1. The van der Waals surface area contributed by atoms with E-state index in [0.29, 0.717) is 16.1 Å². The molecule has 0 saturated heterocycles. The van der Waals surface area contributed by atoms with Crippen LogP contribution >= 0.6 is 11.3 Å². The molecule has 0 spiro atoms. The van der Waals surface area contributed by atoms with Crippen molar-refractivity contribution in [2.75, 3.05) is 5.32 Å². The second-order valence-electron chi connectivity index (χ2n) is 5.07. The van der Waals surface area contributed by atoms with Gasteiger partial charge in [-0.05, 0) is 35.2 Å². The summed E-state index contributed by atoms with van der Waals surface area (Å²) >= 11 is 1.36. The van der Waals surface area contributed by atoms with Gasteiger partial charge in [0.1, 0.15) is 6.61 Å². The first-order chi connectivity index (χ1) is 11.7. The van der Waals surface area contributed by atoms with Gasteiger partial charge in [0.2, 0.25) is 0 Å². The lowest BCUT2D eigenvalue weighted by molar-refractivity contribution is 0.0472. The number of hydrogen-bond acceptors (Lipinski definition) is 4. The topological polar surface area (TPSA) is 55.4 Å². The number of benzene rings is 2. The molecule has 0 aliphatic carbocycles. The van der Waals surface area contributed by atoms with Crippen molar-refractivity contribution in [3.8, 4) is 0 Å². The lowest BCUT2D eigenvalue weighted by Crippen LogP contribution is -2.11. The van der Waals surface area contributed by atoms with Crippen molar-refractivity contribution < 1.29 is 14.3 Å². The fraction of sp³-hybridized carbons (Fsp3) is 0.0526. The highest BCUT2D eigenvalue weighted by molar-refractivity contribution is 7.12. The third kappa shape index (κ3) is 4.08. The van der Waals surface area contributed by atoms with Crippen LogP contribution in [0.5, 0.6) is 0 Å². The molecule has 4 nitrogen and oxygen atoms in total. The normalized spacial score (nSPS) is 10.2. The highest BCUT2D eigenvalue weighted by Crippen LogP contribution is 2.16. The first kappa shape index (κ1) is 16.0. The van der Waals surface area contributed by atoms with E-state index in [1.165, 1.54) is 11.3 Å². The first-order valence-electron chi connectivity index (χ1n) is 7.38. The Morgan fingerprint density at radius 2 is 1.79 bits per heavy atom. The molecule has 0 radical (unpaired) electrons. The summed E-state index contributed by atoms with van der Waals surface area (Å²) in [6.45, 7) is 0.214. The molecule has 24 heavy (non-hydrogen) atoms. The third-order valence-corrected chi connectivity index (χ3v) is 4.18. The van der Waals surface area contributed by atoms with Gasteiger partial charge in [0.25, 0.3) is 5.91 Å². The zero-order valence-corrected chi connectivity index (χ0v) is 13.6. The first-order valence-corrected chi connectivity index (χ1v) is 8.26. The van der Waals surface area contributed by atoms with Gasteiger partial charge in [0.05, 0.1) is 10.4 Å². The molecule has 0 unspecified atom stereocenters. The van der Waals surface area contributed by atoms with E-state index in [1.807, 2.05) is 41.8 Å². The average molecular weight is 337 g/mol. The van der Waals surface area contributed by atoms with Gasteiger partial charge in [-0.1, -0.05) is 42.5 Å². The average Bonchev–Trinajstić information content (AvgIpc) is 3.15. The number of hydrogen-bond donors (Lipinski definition) is 1. The van der Waals surface area contributed by atoms with Gasteiger partial charge >= 0.3 is 5.97 Å². The summed E-state index contributed by atoms with van der Waals surface area (Å²) in [6.07, 6.45) is 0. The van der Waals surface area contributed by atoms with Crippen molar-refractivity contribution in [1.82, 2.24) is 0 Å². The SMILES string of the molecule is O=C(OCc1ccccc1)c1cccc(NC(=O)c2cccs2)c1. The summed E-state index contributed by atoms with van der Waals surface area (Å²) in [5.74, 6) is -0.620. The van der Waals surface area contributed by atoms with Crippen molar-refractivity contribution in [2.24, 2.45) is 0 Å². The molecule has 0 aliphatic rings. The summed E-state index contributed by atoms with van der Waals surface area (Å²) in [4.78, 5) is 24.8. The summed E-state index contributed by atoms with van der Waals surface area (Å²) in [5, 5.41) is 4.62. The lowest BCUT2D eigenvalue weighted by atomic mass is 10.2. The van der Waals surface area contributed by atoms with Crippen molar-refractivity contribution in [3.05, 3.63) is 88.1 Å². The quantitative estimate of drug-likeness (QED) is 0.704. The van der Waals surface area contributed by atoms with Gasteiger partial charge in [0.15, 0.2) is 0 Å². The molecule has 120 valence electrons. The minimum Gasteiger partial charge on any atom is -0.457 e. The number of ether oxygens (including phenoxy) is 1. The largest absolute Gasteiger partial charge is 0.457 e. The highest BCUT2D eigenvalue weighted by atomic mass is 32.1. The van der Waals surface area contributed by atoms with Crippen LogP contribution in [-0.2, 0) is 11.3 Å². The number of carbonyl (C=O) groups excluding carboxylic acids is 2. The van der Waals surface area contributed by atoms with E-state index >= 15 is 0 Å². The predicted octanol–water partition coefficient (Wildman–Crippen LogP) is 4.36. The number of amides is 1. The Hall–Kier alpha value is -2.92. The Labute approximate surface area is 143 Å². The zero-order valence-electron chi connectivity index (χ0n) is 12.8. The molecule has 3 rings (SSSR count). The van der Waals surface area contributed by atoms with Crippen LogP contribution < -0.4 is 5.32 Å². The van der Waals surface area contributed by atoms with E-state index < -0.39 is 5.97 Å². The molecule has 0 atom stereocenters. The van der Waals surface area contributed by atoms with Crippen LogP contribution in [0.2, 0.25) is 0 Å². The minimum absolute atomic E-state index is 0.195. The van der Waals surface area contributed by atoms with Crippen molar-refractivity contribution in [1.29, 1.82) is 0 Å². The van der Waals surface area contributed by atoms with Gasteiger partial charge in [-0.25, -0.2) is 4.79 Å². The van der Waals surface area contributed by atoms with Crippen LogP contribution in [0, 0.1) is 0 Å². The van der Waals surface area contributed by atoms with Gasteiger partial charge in [0, 0.05) is 5.69 Å². The summed E-state index contributed by atoms with van der Waals surface area (Å²) in [7, 11) is 0. The number of carbonyl (C=O) groups is 2. The molecular weight excluding hydrogens is 322 g/mol. The van der Waals surface area contributed by atoms with E-state index in [-0.39, 0.29) is 12.5 Å². The molecule has 0 aliphatic heterocycles. The Morgan fingerprint density at radius 1 is 0.958 bits per heavy atom. The van der Waals surface area contributed by atoms with Crippen LogP contribution in [0.3, 0.4) is 0 Å². The molecule has 0 fully saturated rings. The van der Waals surface area contributed by atoms with Crippen LogP contribution in [0.4, 0.5) is 5.69 Å². The van der Waals surface area contributed by atoms with E-state index in [2.05, 4.69) is 5.32 Å². The van der Waals surface area contributed by atoms with E-state index in [4.69, 9.17) is 4.74 Å². The predicted molar refractivity (Wildman–Crippen MR) is 94.3 cm³/mol. The van der Waals surface area contributed by atoms with E-state index in [9.17, 15) is 9.59 Å². The second-order valence-corrected chi connectivity index (χ2v) is 6.02. The Morgan fingerprint density at radius 3 is 2.54 bits per heavy atom. The van der Waals surface area contributed by atoms with Crippen molar-refractivity contribution >= 4 is 28.9 Å². The molecule has 1 amide bonds. The molecule has 5 heteroatoms. The molecule has 0 bridgehead atoms.